The van der Waals surface area contributed by atoms with Crippen LogP contribution in [0.15, 0.2) is 41.1 Å². The number of hydrogen-bond acceptors (Lipinski definition) is 8. The number of benzene rings is 2. The molecule has 3 aromatic rings. The second kappa shape index (κ2) is 8.82. The smallest absolute Gasteiger partial charge is 0.164 e. The minimum atomic E-state index is -0.254. The standard InChI is InChI=1S/C23H24BrN3O5/c1-12-14(24)5-4-6-15(12)27-23-13-7-17(28-2)18(8-16(13)25-11-26-23)32-20-10-31-21-19(29-3)9-30-22(20)21/h4-8,11,19-22H,9-10H2,1-3H3,(H,25,26,27)/t19?,20-,21+,22+/m0/s1. The van der Waals surface area contributed by atoms with Crippen LogP contribution in [-0.2, 0) is 14.2 Å². The largest absolute Gasteiger partial charge is 0.493 e. The van der Waals surface area contributed by atoms with Crippen LogP contribution in [0.3, 0.4) is 0 Å². The predicted molar refractivity (Wildman–Crippen MR) is 123 cm³/mol. The first-order valence-corrected chi connectivity index (χ1v) is 11.2. The molecule has 2 saturated heterocycles. The predicted octanol–water partition coefficient (Wildman–Crippen LogP) is 4.01. The van der Waals surface area contributed by atoms with Crippen molar-refractivity contribution in [2.75, 3.05) is 32.8 Å². The molecule has 0 bridgehead atoms. The van der Waals surface area contributed by atoms with Crippen LogP contribution in [0.25, 0.3) is 10.9 Å². The molecule has 2 fully saturated rings. The zero-order valence-electron chi connectivity index (χ0n) is 18.0. The van der Waals surface area contributed by atoms with Gasteiger partial charge in [0, 0.05) is 28.7 Å². The highest BCUT2D eigenvalue weighted by atomic mass is 79.9. The maximum Gasteiger partial charge on any atom is 0.164 e. The summed E-state index contributed by atoms with van der Waals surface area (Å²) in [5.41, 5.74) is 2.79. The molecule has 0 radical (unpaired) electrons. The van der Waals surface area contributed by atoms with E-state index in [0.717, 1.165) is 26.6 Å². The van der Waals surface area contributed by atoms with E-state index < -0.39 is 0 Å². The van der Waals surface area contributed by atoms with Crippen molar-refractivity contribution >= 4 is 38.3 Å². The van der Waals surface area contributed by atoms with E-state index in [1.807, 2.05) is 37.3 Å². The lowest BCUT2D eigenvalue weighted by molar-refractivity contribution is -0.0140. The number of aromatic nitrogens is 2. The number of rotatable bonds is 6. The fraction of sp³-hybridized carbons (Fsp3) is 0.391. The van der Waals surface area contributed by atoms with E-state index in [2.05, 4.69) is 31.2 Å². The zero-order valence-corrected chi connectivity index (χ0v) is 19.6. The van der Waals surface area contributed by atoms with Crippen molar-refractivity contribution in [3.8, 4) is 11.5 Å². The van der Waals surface area contributed by atoms with Crippen LogP contribution in [-0.4, -0.2) is 61.8 Å². The van der Waals surface area contributed by atoms with Crippen LogP contribution in [0.4, 0.5) is 11.5 Å². The third-order valence-electron chi connectivity index (χ3n) is 5.99. The molecule has 2 aliphatic heterocycles. The fourth-order valence-corrected chi connectivity index (χ4v) is 4.55. The van der Waals surface area contributed by atoms with Gasteiger partial charge in [0.1, 0.15) is 30.5 Å². The summed E-state index contributed by atoms with van der Waals surface area (Å²) in [7, 11) is 3.28. The van der Waals surface area contributed by atoms with Gasteiger partial charge in [0.15, 0.2) is 17.6 Å². The van der Waals surface area contributed by atoms with Crippen LogP contribution in [0.2, 0.25) is 0 Å². The van der Waals surface area contributed by atoms with Crippen molar-refractivity contribution in [1.82, 2.24) is 9.97 Å². The van der Waals surface area contributed by atoms with E-state index in [4.69, 9.17) is 23.7 Å². The van der Waals surface area contributed by atoms with Gasteiger partial charge in [-0.3, -0.25) is 0 Å². The van der Waals surface area contributed by atoms with E-state index >= 15 is 0 Å². The molecule has 9 heteroatoms. The van der Waals surface area contributed by atoms with Crippen LogP contribution in [0.5, 0.6) is 11.5 Å². The highest BCUT2D eigenvalue weighted by molar-refractivity contribution is 9.10. The van der Waals surface area contributed by atoms with Gasteiger partial charge >= 0.3 is 0 Å². The molecule has 1 unspecified atom stereocenters. The second-order valence-electron chi connectivity index (χ2n) is 7.81. The minimum absolute atomic E-state index is 0.0741. The Morgan fingerprint density at radius 1 is 1.03 bits per heavy atom. The van der Waals surface area contributed by atoms with Crippen LogP contribution < -0.4 is 14.8 Å². The molecule has 2 aliphatic rings. The lowest BCUT2D eigenvalue weighted by Gasteiger charge is -2.20. The van der Waals surface area contributed by atoms with Crippen molar-refractivity contribution in [3.63, 3.8) is 0 Å². The van der Waals surface area contributed by atoms with Crippen LogP contribution in [0, 0.1) is 6.92 Å². The van der Waals surface area contributed by atoms with Gasteiger partial charge in [0.05, 0.1) is 25.8 Å². The maximum absolute atomic E-state index is 6.29. The first kappa shape index (κ1) is 21.4. The van der Waals surface area contributed by atoms with Crippen LogP contribution in [0.1, 0.15) is 5.56 Å². The van der Waals surface area contributed by atoms with Gasteiger partial charge in [0.25, 0.3) is 0 Å². The molecule has 8 nitrogen and oxygen atoms in total. The SMILES string of the molecule is COc1cc2c(Nc3cccc(Br)c3C)ncnc2cc1O[C@H]1CO[C@@H]2C(OC)CO[C@H]12. The molecule has 4 atom stereocenters. The average Bonchev–Trinajstić information content (AvgIpc) is 3.39. The van der Waals surface area contributed by atoms with Gasteiger partial charge in [-0.1, -0.05) is 22.0 Å². The van der Waals surface area contributed by atoms with Crippen molar-refractivity contribution in [1.29, 1.82) is 0 Å². The Morgan fingerprint density at radius 2 is 1.81 bits per heavy atom. The molecule has 32 heavy (non-hydrogen) atoms. The molecule has 1 N–H and O–H groups in total. The molecule has 168 valence electrons. The normalized spacial score (nSPS) is 24.5. The van der Waals surface area contributed by atoms with Gasteiger partial charge in [0.2, 0.25) is 0 Å². The van der Waals surface area contributed by atoms with Crippen molar-refractivity contribution in [2.24, 2.45) is 0 Å². The summed E-state index contributed by atoms with van der Waals surface area (Å²) in [4.78, 5) is 8.90. The molecule has 5 rings (SSSR count). The van der Waals surface area contributed by atoms with Gasteiger partial charge in [-0.2, -0.15) is 0 Å². The van der Waals surface area contributed by atoms with Gasteiger partial charge in [-0.15, -0.1) is 0 Å². The summed E-state index contributed by atoms with van der Waals surface area (Å²) in [5, 5.41) is 4.24. The number of fused-ring (bicyclic) bond motifs is 2. The quantitative estimate of drug-likeness (QED) is 0.542. The monoisotopic (exact) mass is 501 g/mol. The maximum atomic E-state index is 6.29. The van der Waals surface area contributed by atoms with Crippen molar-refractivity contribution in [3.05, 3.63) is 46.7 Å². The number of anilines is 2. The van der Waals surface area contributed by atoms with E-state index in [-0.39, 0.29) is 24.4 Å². The number of hydrogen-bond donors (Lipinski definition) is 1. The van der Waals surface area contributed by atoms with E-state index in [0.29, 0.717) is 30.5 Å². The molecule has 0 spiro atoms. The molecule has 1 aromatic heterocycles. The molecule has 0 amide bonds. The second-order valence-corrected chi connectivity index (χ2v) is 8.66. The van der Waals surface area contributed by atoms with E-state index in [1.54, 1.807) is 14.2 Å². The average molecular weight is 502 g/mol. The number of halogens is 1. The van der Waals surface area contributed by atoms with Gasteiger partial charge in [-0.25, -0.2) is 9.97 Å². The summed E-state index contributed by atoms with van der Waals surface area (Å²) >= 11 is 3.57. The van der Waals surface area contributed by atoms with Crippen molar-refractivity contribution in [2.45, 2.75) is 31.3 Å². The summed E-state index contributed by atoms with van der Waals surface area (Å²) < 4.78 is 30.2. The molecule has 2 aromatic carbocycles. The number of ether oxygens (including phenoxy) is 5. The topological polar surface area (TPSA) is 84.0 Å². The highest BCUT2D eigenvalue weighted by Gasteiger charge is 2.49. The Bertz CT molecular complexity index is 1140. The third-order valence-corrected chi connectivity index (χ3v) is 6.84. The number of methoxy groups -OCH3 is 2. The van der Waals surface area contributed by atoms with Crippen molar-refractivity contribution < 1.29 is 23.7 Å². The Morgan fingerprint density at radius 3 is 2.59 bits per heavy atom. The lowest BCUT2D eigenvalue weighted by atomic mass is 10.1. The number of nitrogens with one attached hydrogen (secondary N) is 1. The Kier molecular flexibility index (Phi) is 5.90. The first-order valence-electron chi connectivity index (χ1n) is 10.4. The van der Waals surface area contributed by atoms with E-state index in [9.17, 15) is 0 Å². The first-order chi connectivity index (χ1) is 15.6. The van der Waals surface area contributed by atoms with Gasteiger partial charge < -0.3 is 29.0 Å². The van der Waals surface area contributed by atoms with Gasteiger partial charge in [-0.05, 0) is 30.7 Å². The third kappa shape index (κ3) is 3.79. The van der Waals surface area contributed by atoms with Crippen LogP contribution >= 0.6 is 15.9 Å². The fourth-order valence-electron chi connectivity index (χ4n) is 4.18. The summed E-state index contributed by atoms with van der Waals surface area (Å²) in [6, 6.07) is 9.75. The molecular formula is C23H24BrN3O5. The Hall–Kier alpha value is -2.46. The molecule has 0 aliphatic carbocycles. The Labute approximate surface area is 194 Å². The highest BCUT2D eigenvalue weighted by Crippen LogP contribution is 2.38. The van der Waals surface area contributed by atoms with E-state index in [1.165, 1.54) is 6.33 Å². The number of nitrogens with zero attached hydrogens (tertiary/aromatic N) is 2. The minimum Gasteiger partial charge on any atom is -0.493 e. The lowest BCUT2D eigenvalue weighted by Crippen LogP contribution is -2.35. The molecule has 0 saturated carbocycles. The molecule has 3 heterocycles. The zero-order chi connectivity index (χ0) is 22.2. The summed E-state index contributed by atoms with van der Waals surface area (Å²) in [5.74, 6) is 1.86. The molecular weight excluding hydrogens is 478 g/mol. The Balaban J connectivity index is 1.45. The summed E-state index contributed by atoms with van der Waals surface area (Å²) in [6.45, 7) is 2.96. The summed E-state index contributed by atoms with van der Waals surface area (Å²) in [6.07, 6.45) is 0.905.